The molecule has 0 bridgehead atoms. The molecule has 0 aliphatic rings. The van der Waals surface area contributed by atoms with Gasteiger partial charge in [-0.3, -0.25) is 9.59 Å². The first kappa shape index (κ1) is 12.2. The number of hydrogen-bond acceptors (Lipinski definition) is 2. The molecule has 0 fully saturated rings. The minimum Gasteiger partial charge on any atom is -0.326 e. The molecule has 1 rings (SSSR count). The fraction of sp³-hybridized carbons (Fsp3) is 0.200. The number of hydrogen-bond donors (Lipinski definition) is 1. The number of amides is 1. The molecular formula is C10H8F3NO2. The molecule has 6 heteroatoms. The van der Waals surface area contributed by atoms with Crippen molar-refractivity contribution in [2.45, 2.75) is 12.6 Å². The Balaban J connectivity index is 2.52. The number of anilines is 1. The predicted molar refractivity (Wildman–Crippen MR) is 50.8 cm³/mol. The Hall–Kier alpha value is -1.85. The first-order valence-electron chi connectivity index (χ1n) is 4.34. The van der Waals surface area contributed by atoms with E-state index in [9.17, 15) is 22.8 Å². The van der Waals surface area contributed by atoms with Crippen molar-refractivity contribution in [3.05, 3.63) is 30.3 Å². The van der Waals surface area contributed by atoms with Crippen molar-refractivity contribution in [2.75, 3.05) is 5.32 Å². The minimum absolute atomic E-state index is 0.350. The molecule has 0 spiro atoms. The second-order valence-corrected chi connectivity index (χ2v) is 3.01. The lowest BCUT2D eigenvalue weighted by atomic mass is 10.2. The zero-order valence-electron chi connectivity index (χ0n) is 8.04. The van der Waals surface area contributed by atoms with Gasteiger partial charge in [0.15, 0.2) is 0 Å². The Morgan fingerprint density at radius 1 is 1.12 bits per heavy atom. The average molecular weight is 231 g/mol. The third kappa shape index (κ3) is 3.72. The van der Waals surface area contributed by atoms with E-state index in [0.29, 0.717) is 5.69 Å². The Morgan fingerprint density at radius 3 is 2.19 bits per heavy atom. The quantitative estimate of drug-likeness (QED) is 0.810. The molecule has 0 unspecified atom stereocenters. The van der Waals surface area contributed by atoms with Crippen LogP contribution >= 0.6 is 0 Å². The third-order valence-electron chi connectivity index (χ3n) is 1.69. The van der Waals surface area contributed by atoms with Gasteiger partial charge in [-0.25, -0.2) is 0 Å². The standard InChI is InChI=1S/C10H8F3NO2/c11-10(12,13)8(15)6-9(16)14-7-4-2-1-3-5-7/h1-5H,6H2,(H,14,16). The topological polar surface area (TPSA) is 46.2 Å². The normalized spacial score (nSPS) is 10.9. The summed E-state index contributed by atoms with van der Waals surface area (Å²) in [5.41, 5.74) is 0.350. The van der Waals surface area contributed by atoms with Gasteiger partial charge < -0.3 is 5.32 Å². The Labute approximate surface area is 89.3 Å². The summed E-state index contributed by atoms with van der Waals surface area (Å²) in [7, 11) is 0. The van der Waals surface area contributed by atoms with Crippen LogP contribution in [0.5, 0.6) is 0 Å². The maximum absolute atomic E-state index is 11.8. The first-order chi connectivity index (χ1) is 7.39. The van der Waals surface area contributed by atoms with Crippen molar-refractivity contribution in [3.8, 4) is 0 Å². The molecule has 1 N–H and O–H groups in total. The summed E-state index contributed by atoms with van der Waals surface area (Å²) in [4.78, 5) is 21.5. The van der Waals surface area contributed by atoms with Crippen LogP contribution in [0.1, 0.15) is 6.42 Å². The molecule has 0 radical (unpaired) electrons. The number of carbonyl (C=O) groups excluding carboxylic acids is 2. The van der Waals surface area contributed by atoms with E-state index >= 15 is 0 Å². The highest BCUT2D eigenvalue weighted by atomic mass is 19.4. The van der Waals surface area contributed by atoms with Crippen LogP contribution in [0.15, 0.2) is 30.3 Å². The molecule has 3 nitrogen and oxygen atoms in total. The van der Waals surface area contributed by atoms with E-state index in [1.807, 2.05) is 0 Å². The lowest BCUT2D eigenvalue weighted by Crippen LogP contribution is -2.27. The Kier molecular flexibility index (Phi) is 3.65. The van der Waals surface area contributed by atoms with Crippen molar-refractivity contribution >= 4 is 17.4 Å². The van der Waals surface area contributed by atoms with Crippen LogP contribution in [0, 0.1) is 0 Å². The number of halogens is 3. The molecule has 1 aromatic rings. The van der Waals surface area contributed by atoms with E-state index in [-0.39, 0.29) is 0 Å². The number of para-hydroxylation sites is 1. The predicted octanol–water partition coefficient (Wildman–Crippen LogP) is 2.15. The zero-order chi connectivity index (χ0) is 12.2. The summed E-state index contributed by atoms with van der Waals surface area (Å²) in [6, 6.07) is 7.94. The zero-order valence-corrected chi connectivity index (χ0v) is 8.04. The highest BCUT2D eigenvalue weighted by Gasteiger charge is 2.39. The Bertz CT molecular complexity index is 387. The largest absolute Gasteiger partial charge is 0.450 e. The molecule has 0 atom stereocenters. The number of nitrogens with one attached hydrogen (secondary N) is 1. The highest BCUT2D eigenvalue weighted by molar-refractivity contribution is 6.06. The molecule has 1 aromatic carbocycles. The van der Waals surface area contributed by atoms with Crippen molar-refractivity contribution in [1.29, 1.82) is 0 Å². The van der Waals surface area contributed by atoms with Crippen LogP contribution in [-0.4, -0.2) is 17.9 Å². The summed E-state index contributed by atoms with van der Waals surface area (Å²) < 4.78 is 35.5. The van der Waals surface area contributed by atoms with Gasteiger partial charge in [-0.2, -0.15) is 13.2 Å². The lowest BCUT2D eigenvalue weighted by molar-refractivity contribution is -0.171. The maximum Gasteiger partial charge on any atom is 0.450 e. The van der Waals surface area contributed by atoms with Gasteiger partial charge in [-0.05, 0) is 12.1 Å². The summed E-state index contributed by atoms with van der Waals surface area (Å²) in [5, 5.41) is 2.19. The van der Waals surface area contributed by atoms with Crippen molar-refractivity contribution in [1.82, 2.24) is 0 Å². The van der Waals surface area contributed by atoms with Crippen LogP contribution in [-0.2, 0) is 9.59 Å². The summed E-state index contributed by atoms with van der Waals surface area (Å²) in [5.74, 6) is -3.03. The number of alkyl halides is 3. The SMILES string of the molecule is O=C(CC(=O)C(F)(F)F)Nc1ccccc1. The highest BCUT2D eigenvalue weighted by Crippen LogP contribution is 2.18. The van der Waals surface area contributed by atoms with Gasteiger partial charge in [-0.1, -0.05) is 18.2 Å². The van der Waals surface area contributed by atoms with Crippen molar-refractivity contribution in [3.63, 3.8) is 0 Å². The first-order valence-corrected chi connectivity index (χ1v) is 4.34. The van der Waals surface area contributed by atoms with Gasteiger partial charge in [0, 0.05) is 5.69 Å². The lowest BCUT2D eigenvalue weighted by Gasteiger charge is -2.06. The van der Waals surface area contributed by atoms with Crippen LogP contribution in [0.3, 0.4) is 0 Å². The van der Waals surface area contributed by atoms with Gasteiger partial charge in [-0.15, -0.1) is 0 Å². The Morgan fingerprint density at radius 2 is 1.69 bits per heavy atom. The molecule has 1 amide bonds. The minimum atomic E-state index is -4.96. The van der Waals surface area contributed by atoms with Crippen LogP contribution in [0.4, 0.5) is 18.9 Å². The molecule has 0 aromatic heterocycles. The average Bonchev–Trinajstić information content (AvgIpc) is 2.17. The smallest absolute Gasteiger partial charge is 0.326 e. The van der Waals surface area contributed by atoms with Crippen LogP contribution in [0.25, 0.3) is 0 Å². The second kappa shape index (κ2) is 4.78. The fourth-order valence-corrected chi connectivity index (χ4v) is 0.973. The monoisotopic (exact) mass is 231 g/mol. The van der Waals surface area contributed by atoms with Crippen molar-refractivity contribution in [2.24, 2.45) is 0 Å². The van der Waals surface area contributed by atoms with E-state index in [0.717, 1.165) is 0 Å². The van der Waals surface area contributed by atoms with Gasteiger partial charge in [0.05, 0.1) is 6.42 Å². The molecular weight excluding hydrogens is 223 g/mol. The number of Topliss-reactive ketones (excluding diaryl/α,β-unsaturated/α-hetero) is 1. The molecule has 16 heavy (non-hydrogen) atoms. The van der Waals surface area contributed by atoms with E-state index in [2.05, 4.69) is 5.32 Å². The number of ketones is 1. The molecule has 0 saturated heterocycles. The van der Waals surface area contributed by atoms with E-state index in [4.69, 9.17) is 0 Å². The maximum atomic E-state index is 11.8. The van der Waals surface area contributed by atoms with Crippen molar-refractivity contribution < 1.29 is 22.8 Å². The number of carbonyl (C=O) groups is 2. The van der Waals surface area contributed by atoms with Gasteiger partial charge >= 0.3 is 6.18 Å². The van der Waals surface area contributed by atoms with Gasteiger partial charge in [0.25, 0.3) is 0 Å². The molecule has 0 heterocycles. The fourth-order valence-electron chi connectivity index (χ4n) is 0.973. The summed E-state index contributed by atoms with van der Waals surface area (Å²) in [6.07, 6.45) is -6.16. The number of benzene rings is 1. The second-order valence-electron chi connectivity index (χ2n) is 3.01. The van der Waals surface area contributed by atoms with Gasteiger partial charge in [0.1, 0.15) is 0 Å². The van der Waals surface area contributed by atoms with Crippen LogP contribution < -0.4 is 5.32 Å². The van der Waals surface area contributed by atoms with E-state index in [1.54, 1.807) is 18.2 Å². The molecule has 0 saturated carbocycles. The van der Waals surface area contributed by atoms with Gasteiger partial charge in [0.2, 0.25) is 11.7 Å². The summed E-state index contributed by atoms with van der Waals surface area (Å²) >= 11 is 0. The van der Waals surface area contributed by atoms with Crippen LogP contribution in [0.2, 0.25) is 0 Å². The third-order valence-corrected chi connectivity index (χ3v) is 1.69. The van der Waals surface area contributed by atoms with E-state index in [1.165, 1.54) is 12.1 Å². The number of rotatable bonds is 3. The molecule has 0 aliphatic carbocycles. The van der Waals surface area contributed by atoms with E-state index < -0.39 is 24.3 Å². The molecule has 0 aliphatic heterocycles. The molecule has 86 valence electrons. The summed E-state index contributed by atoms with van der Waals surface area (Å²) in [6.45, 7) is 0.